The first-order valence-electron chi connectivity index (χ1n) is 7.43. The van der Waals surface area contributed by atoms with E-state index in [0.717, 1.165) is 11.1 Å². The number of nitrogens with zero attached hydrogens (tertiary/aromatic N) is 1. The Morgan fingerprint density at radius 2 is 1.95 bits per heavy atom. The minimum absolute atomic E-state index is 0.0368. The van der Waals surface area contributed by atoms with Gasteiger partial charge in [0.2, 0.25) is 0 Å². The van der Waals surface area contributed by atoms with Gasteiger partial charge in [-0.25, -0.2) is 0 Å². The number of hydrogen-bond donors (Lipinski definition) is 1. The summed E-state index contributed by atoms with van der Waals surface area (Å²) in [5.41, 5.74) is 7.73. The Hall–Kier alpha value is -1.35. The van der Waals surface area contributed by atoms with Crippen LogP contribution in [0.15, 0.2) is 24.3 Å². The molecule has 1 aliphatic carbocycles. The summed E-state index contributed by atoms with van der Waals surface area (Å²) in [5.74, 6) is 0.689. The smallest absolute Gasteiger partial charge is 0.254 e. The van der Waals surface area contributed by atoms with Crippen LogP contribution in [0.2, 0.25) is 0 Å². The number of carbonyl (C=O) groups excluding carboxylic acids is 1. The molecule has 20 heavy (non-hydrogen) atoms. The molecule has 1 aromatic rings. The maximum Gasteiger partial charge on any atom is 0.254 e. The van der Waals surface area contributed by atoms with Gasteiger partial charge in [0.25, 0.3) is 5.91 Å². The van der Waals surface area contributed by atoms with E-state index in [4.69, 9.17) is 5.73 Å². The van der Waals surface area contributed by atoms with Gasteiger partial charge in [0, 0.05) is 25.2 Å². The average molecular weight is 274 g/mol. The summed E-state index contributed by atoms with van der Waals surface area (Å²) < 4.78 is 0. The topological polar surface area (TPSA) is 46.3 Å². The van der Waals surface area contributed by atoms with Gasteiger partial charge >= 0.3 is 0 Å². The summed E-state index contributed by atoms with van der Waals surface area (Å²) in [6.07, 6.45) is 2.39. The molecule has 0 saturated heterocycles. The second-order valence-corrected chi connectivity index (χ2v) is 6.85. The van der Waals surface area contributed by atoms with Gasteiger partial charge in [-0.1, -0.05) is 39.0 Å². The molecule has 1 atom stereocenters. The fourth-order valence-corrected chi connectivity index (χ4v) is 2.81. The Morgan fingerprint density at radius 1 is 1.35 bits per heavy atom. The van der Waals surface area contributed by atoms with Crippen LogP contribution >= 0.6 is 0 Å². The number of benzene rings is 1. The van der Waals surface area contributed by atoms with Crippen LogP contribution in [0, 0.1) is 5.92 Å². The third kappa shape index (κ3) is 3.04. The van der Waals surface area contributed by atoms with E-state index in [1.807, 2.05) is 30.1 Å². The van der Waals surface area contributed by atoms with E-state index in [1.54, 1.807) is 0 Å². The van der Waals surface area contributed by atoms with Crippen molar-refractivity contribution in [1.82, 2.24) is 4.90 Å². The molecule has 110 valence electrons. The predicted molar refractivity (Wildman–Crippen MR) is 82.8 cm³/mol. The zero-order chi connectivity index (χ0) is 14.9. The molecule has 0 radical (unpaired) electrons. The summed E-state index contributed by atoms with van der Waals surface area (Å²) in [6.45, 7) is 6.96. The molecule has 1 amide bonds. The van der Waals surface area contributed by atoms with Crippen LogP contribution < -0.4 is 5.73 Å². The van der Waals surface area contributed by atoms with Crippen molar-refractivity contribution in [2.75, 3.05) is 13.6 Å². The van der Waals surface area contributed by atoms with E-state index in [2.05, 4.69) is 26.8 Å². The van der Waals surface area contributed by atoms with Crippen molar-refractivity contribution in [3.8, 4) is 0 Å². The van der Waals surface area contributed by atoms with Crippen molar-refractivity contribution < 1.29 is 4.79 Å². The number of likely N-dealkylation sites (N-methyl/N-ethyl adjacent to an activating group) is 1. The van der Waals surface area contributed by atoms with Crippen molar-refractivity contribution >= 4 is 5.91 Å². The fraction of sp³-hybridized carbons (Fsp3) is 0.588. The number of hydrogen-bond acceptors (Lipinski definition) is 2. The Balaban J connectivity index is 2.29. The quantitative estimate of drug-likeness (QED) is 0.917. The third-order valence-corrected chi connectivity index (χ3v) is 4.19. The zero-order valence-electron chi connectivity index (χ0n) is 13.0. The van der Waals surface area contributed by atoms with Crippen LogP contribution in [0.4, 0.5) is 0 Å². The van der Waals surface area contributed by atoms with E-state index >= 15 is 0 Å². The van der Waals surface area contributed by atoms with Crippen LogP contribution in [0.5, 0.6) is 0 Å². The highest BCUT2D eigenvalue weighted by Gasteiger charge is 2.35. The summed E-state index contributed by atoms with van der Waals surface area (Å²) in [5, 5.41) is 0. The fourth-order valence-electron chi connectivity index (χ4n) is 2.81. The molecule has 3 heteroatoms. The summed E-state index contributed by atoms with van der Waals surface area (Å²) in [7, 11) is 1.89. The van der Waals surface area contributed by atoms with Crippen molar-refractivity contribution in [3.05, 3.63) is 35.4 Å². The summed E-state index contributed by atoms with van der Waals surface area (Å²) >= 11 is 0. The molecule has 1 aromatic carbocycles. The maximum absolute atomic E-state index is 12.8. The lowest BCUT2D eigenvalue weighted by molar-refractivity contribution is 0.0716. The zero-order valence-corrected chi connectivity index (χ0v) is 13.0. The molecule has 2 N–H and O–H groups in total. The maximum atomic E-state index is 12.8. The molecule has 0 heterocycles. The molecule has 0 aromatic heterocycles. The Morgan fingerprint density at radius 3 is 2.45 bits per heavy atom. The van der Waals surface area contributed by atoms with Gasteiger partial charge in [-0.2, -0.15) is 0 Å². The van der Waals surface area contributed by atoms with Gasteiger partial charge in [-0.3, -0.25) is 4.79 Å². The number of rotatable bonds is 4. The van der Waals surface area contributed by atoms with E-state index in [1.165, 1.54) is 12.8 Å². The summed E-state index contributed by atoms with van der Waals surface area (Å²) in [6, 6.07) is 8.09. The molecular formula is C17H26N2O. The number of nitrogens with two attached hydrogens (primary N) is 1. The first-order valence-corrected chi connectivity index (χ1v) is 7.43. The molecule has 1 unspecified atom stereocenters. The molecule has 1 aliphatic rings. The lowest BCUT2D eigenvalue weighted by atomic mass is 9.83. The summed E-state index contributed by atoms with van der Waals surface area (Å²) in [4.78, 5) is 14.7. The lowest BCUT2D eigenvalue weighted by Crippen LogP contribution is -2.43. The molecule has 0 spiro atoms. The molecule has 0 bridgehead atoms. The highest BCUT2D eigenvalue weighted by molar-refractivity contribution is 5.96. The van der Waals surface area contributed by atoms with Gasteiger partial charge in [0.1, 0.15) is 0 Å². The van der Waals surface area contributed by atoms with Gasteiger partial charge in [-0.15, -0.1) is 0 Å². The van der Waals surface area contributed by atoms with E-state index in [-0.39, 0.29) is 17.4 Å². The van der Waals surface area contributed by atoms with Crippen molar-refractivity contribution in [3.63, 3.8) is 0 Å². The lowest BCUT2D eigenvalue weighted by Gasteiger charge is -2.30. The van der Waals surface area contributed by atoms with Crippen molar-refractivity contribution in [1.29, 1.82) is 0 Å². The van der Waals surface area contributed by atoms with Crippen LogP contribution in [-0.2, 0) is 5.41 Å². The van der Waals surface area contributed by atoms with Gasteiger partial charge in [0.05, 0.1) is 0 Å². The first kappa shape index (κ1) is 15.0. The SMILES string of the molecule is CN(C(=O)c1ccccc1C(C)(C)C)C(CN)C1CC1. The minimum Gasteiger partial charge on any atom is -0.337 e. The predicted octanol–water partition coefficient (Wildman–Crippen LogP) is 2.79. The van der Waals surface area contributed by atoms with Gasteiger partial charge in [0.15, 0.2) is 0 Å². The minimum atomic E-state index is -0.0368. The van der Waals surface area contributed by atoms with E-state index in [0.29, 0.717) is 12.5 Å². The molecule has 0 aliphatic heterocycles. The number of carbonyl (C=O) groups is 1. The average Bonchev–Trinajstić information content (AvgIpc) is 3.22. The Bertz CT molecular complexity index is 486. The molecule has 1 saturated carbocycles. The second kappa shape index (κ2) is 5.57. The van der Waals surface area contributed by atoms with E-state index < -0.39 is 0 Å². The highest BCUT2D eigenvalue weighted by Crippen LogP contribution is 2.35. The Labute approximate surface area is 122 Å². The monoisotopic (exact) mass is 274 g/mol. The Kier molecular flexibility index (Phi) is 4.19. The van der Waals surface area contributed by atoms with Crippen molar-refractivity contribution in [2.24, 2.45) is 11.7 Å². The highest BCUT2D eigenvalue weighted by atomic mass is 16.2. The third-order valence-electron chi connectivity index (χ3n) is 4.19. The van der Waals surface area contributed by atoms with Crippen LogP contribution in [0.25, 0.3) is 0 Å². The van der Waals surface area contributed by atoms with Crippen molar-refractivity contribution in [2.45, 2.75) is 45.1 Å². The largest absolute Gasteiger partial charge is 0.337 e. The molecule has 1 fully saturated rings. The molecule has 2 rings (SSSR count). The first-order chi connectivity index (χ1) is 9.36. The van der Waals surface area contributed by atoms with Gasteiger partial charge < -0.3 is 10.6 Å². The normalized spacial score (nSPS) is 16.9. The molecule has 3 nitrogen and oxygen atoms in total. The van der Waals surface area contributed by atoms with Crippen LogP contribution in [-0.4, -0.2) is 30.4 Å². The number of amides is 1. The molecular weight excluding hydrogens is 248 g/mol. The van der Waals surface area contributed by atoms with E-state index in [9.17, 15) is 4.79 Å². The second-order valence-electron chi connectivity index (χ2n) is 6.85. The van der Waals surface area contributed by atoms with Gasteiger partial charge in [-0.05, 0) is 35.8 Å². The van der Waals surface area contributed by atoms with Crippen LogP contribution in [0.1, 0.15) is 49.5 Å². The van der Waals surface area contributed by atoms with Crippen LogP contribution in [0.3, 0.4) is 0 Å². The standard InChI is InChI=1S/C17H26N2O/c1-17(2,3)14-8-6-5-7-13(14)16(20)19(4)15(11-18)12-9-10-12/h5-8,12,15H,9-11,18H2,1-4H3.